The van der Waals surface area contributed by atoms with Crippen molar-refractivity contribution in [1.82, 2.24) is 4.98 Å². The third-order valence-electron chi connectivity index (χ3n) is 3.62. The third kappa shape index (κ3) is 2.83. The van der Waals surface area contributed by atoms with E-state index in [1.807, 2.05) is 31.2 Å². The molecule has 0 amide bonds. The average Bonchev–Trinajstić information content (AvgIpc) is 2.81. The fraction of sp³-hybridized carbons (Fsp3) is 0.0625. The van der Waals surface area contributed by atoms with E-state index in [4.69, 9.17) is 5.14 Å². The lowest BCUT2D eigenvalue weighted by molar-refractivity contribution is 0.103. The van der Waals surface area contributed by atoms with Crippen LogP contribution in [0, 0.1) is 6.92 Å². The number of hydrogen-bond donors (Lipinski definition) is 2. The van der Waals surface area contributed by atoms with Gasteiger partial charge in [-0.1, -0.05) is 18.2 Å². The van der Waals surface area contributed by atoms with Crippen molar-refractivity contribution < 1.29 is 13.2 Å². The largest absolute Gasteiger partial charge is 0.358 e. The maximum Gasteiger partial charge on any atom is 0.239 e. The number of hydrogen-bond acceptors (Lipinski definition) is 3. The van der Waals surface area contributed by atoms with Gasteiger partial charge in [0.15, 0.2) is 5.78 Å². The SMILES string of the molecule is Cc1[nH]c2ccccc2c1C(=O)c1ccc(Br)c(S(N)(=O)=O)c1. The number of fused-ring (bicyclic) bond motifs is 1. The zero-order valence-corrected chi connectivity index (χ0v) is 14.5. The van der Waals surface area contributed by atoms with Crippen molar-refractivity contribution in [3.8, 4) is 0 Å². The number of nitrogens with one attached hydrogen (secondary N) is 1. The summed E-state index contributed by atoms with van der Waals surface area (Å²) in [6, 6.07) is 11.8. The average molecular weight is 393 g/mol. The van der Waals surface area contributed by atoms with Crippen LogP contribution in [-0.4, -0.2) is 19.2 Å². The summed E-state index contributed by atoms with van der Waals surface area (Å²) in [5.74, 6) is -0.252. The Morgan fingerprint density at radius 3 is 2.57 bits per heavy atom. The highest BCUT2D eigenvalue weighted by molar-refractivity contribution is 9.10. The Hall–Kier alpha value is -1.96. The van der Waals surface area contributed by atoms with Crippen molar-refractivity contribution in [3.63, 3.8) is 0 Å². The van der Waals surface area contributed by atoms with Crippen LogP contribution < -0.4 is 5.14 Å². The highest BCUT2D eigenvalue weighted by Gasteiger charge is 2.20. The van der Waals surface area contributed by atoms with Crippen LogP contribution in [0.3, 0.4) is 0 Å². The molecule has 0 aliphatic rings. The Balaban J connectivity index is 2.19. The van der Waals surface area contributed by atoms with E-state index < -0.39 is 10.0 Å². The van der Waals surface area contributed by atoms with Gasteiger partial charge in [-0.3, -0.25) is 4.79 Å². The van der Waals surface area contributed by atoms with E-state index in [9.17, 15) is 13.2 Å². The van der Waals surface area contributed by atoms with Gasteiger partial charge in [0.25, 0.3) is 0 Å². The zero-order valence-electron chi connectivity index (χ0n) is 12.1. The minimum absolute atomic E-state index is 0.110. The molecule has 1 aromatic heterocycles. The number of aromatic nitrogens is 1. The van der Waals surface area contributed by atoms with E-state index in [2.05, 4.69) is 20.9 Å². The Morgan fingerprint density at radius 2 is 1.87 bits per heavy atom. The van der Waals surface area contributed by atoms with Gasteiger partial charge in [0, 0.05) is 26.6 Å². The molecule has 0 aliphatic heterocycles. The number of halogens is 1. The molecule has 1 heterocycles. The number of primary sulfonamides is 1. The molecule has 0 saturated heterocycles. The third-order valence-corrected chi connectivity index (χ3v) is 5.53. The molecule has 3 rings (SSSR count). The second kappa shape index (κ2) is 5.59. The van der Waals surface area contributed by atoms with Crippen LogP contribution in [-0.2, 0) is 10.0 Å². The normalized spacial score (nSPS) is 11.8. The number of ketones is 1. The number of carbonyl (C=O) groups is 1. The molecule has 0 radical (unpaired) electrons. The first-order valence-electron chi connectivity index (χ1n) is 6.73. The van der Waals surface area contributed by atoms with Crippen LogP contribution in [0.5, 0.6) is 0 Å². The number of benzene rings is 2. The topological polar surface area (TPSA) is 93.0 Å². The maximum absolute atomic E-state index is 12.9. The minimum Gasteiger partial charge on any atom is -0.358 e. The van der Waals surface area contributed by atoms with Gasteiger partial charge >= 0.3 is 0 Å². The van der Waals surface area contributed by atoms with Crippen LogP contribution in [0.4, 0.5) is 0 Å². The van der Waals surface area contributed by atoms with Crippen LogP contribution >= 0.6 is 15.9 Å². The molecule has 0 saturated carbocycles. The van der Waals surface area contributed by atoms with Crippen LogP contribution in [0.15, 0.2) is 51.8 Å². The molecule has 23 heavy (non-hydrogen) atoms. The second-order valence-electron chi connectivity index (χ2n) is 5.19. The highest BCUT2D eigenvalue weighted by Crippen LogP contribution is 2.27. The van der Waals surface area contributed by atoms with Gasteiger partial charge in [-0.25, -0.2) is 13.6 Å². The predicted molar refractivity (Wildman–Crippen MR) is 92.0 cm³/mol. The lowest BCUT2D eigenvalue weighted by Crippen LogP contribution is -2.14. The predicted octanol–water partition coefficient (Wildman–Crippen LogP) is 3.12. The van der Waals surface area contributed by atoms with Gasteiger partial charge in [0.1, 0.15) is 0 Å². The van der Waals surface area contributed by atoms with E-state index in [1.165, 1.54) is 12.1 Å². The molecular weight excluding hydrogens is 380 g/mol. The summed E-state index contributed by atoms with van der Waals surface area (Å²) in [5, 5.41) is 5.99. The lowest BCUT2D eigenvalue weighted by Gasteiger charge is -2.06. The van der Waals surface area contributed by atoms with Crippen LogP contribution in [0.25, 0.3) is 10.9 Å². The van der Waals surface area contributed by atoms with Crippen molar-refractivity contribution in [2.75, 3.05) is 0 Å². The number of carbonyl (C=O) groups excluding carboxylic acids is 1. The first kappa shape index (κ1) is 15.9. The summed E-state index contributed by atoms with van der Waals surface area (Å²) in [6.45, 7) is 1.81. The second-order valence-corrected chi connectivity index (χ2v) is 7.57. The Kier molecular flexibility index (Phi) is 3.87. The van der Waals surface area contributed by atoms with Crippen LogP contribution in [0.2, 0.25) is 0 Å². The molecule has 0 fully saturated rings. The molecule has 2 aromatic carbocycles. The van der Waals surface area contributed by atoms with Gasteiger partial charge in [-0.2, -0.15) is 0 Å². The number of H-pyrrole nitrogens is 1. The summed E-state index contributed by atoms with van der Waals surface area (Å²) in [5.41, 5.74) is 2.39. The zero-order chi connectivity index (χ0) is 16.8. The molecule has 0 atom stereocenters. The first-order valence-corrected chi connectivity index (χ1v) is 9.07. The number of rotatable bonds is 3. The van der Waals surface area contributed by atoms with E-state index in [0.29, 0.717) is 10.0 Å². The molecule has 7 heteroatoms. The van der Waals surface area contributed by atoms with E-state index >= 15 is 0 Å². The molecule has 0 aliphatic carbocycles. The molecule has 5 nitrogen and oxygen atoms in total. The van der Waals surface area contributed by atoms with Gasteiger partial charge in [0.05, 0.1) is 10.5 Å². The summed E-state index contributed by atoms with van der Waals surface area (Å²) in [4.78, 5) is 15.9. The van der Waals surface area contributed by atoms with Crippen molar-refractivity contribution in [3.05, 3.63) is 63.8 Å². The van der Waals surface area contributed by atoms with Gasteiger partial charge in [-0.05, 0) is 47.1 Å². The number of aromatic amines is 1. The van der Waals surface area contributed by atoms with Crippen LogP contribution in [0.1, 0.15) is 21.6 Å². The fourth-order valence-corrected chi connectivity index (χ4v) is 4.13. The monoisotopic (exact) mass is 392 g/mol. The minimum atomic E-state index is -3.92. The molecule has 0 spiro atoms. The van der Waals surface area contributed by atoms with Gasteiger partial charge in [-0.15, -0.1) is 0 Å². The first-order chi connectivity index (χ1) is 10.8. The Morgan fingerprint density at radius 1 is 1.17 bits per heavy atom. The van der Waals surface area contributed by atoms with Crippen molar-refractivity contribution in [2.45, 2.75) is 11.8 Å². The number of para-hydroxylation sites is 1. The molecule has 0 unspecified atom stereocenters. The molecule has 3 aromatic rings. The number of aryl methyl sites for hydroxylation is 1. The standard InChI is InChI=1S/C16H13BrN2O3S/c1-9-15(11-4-2-3-5-13(11)19-9)16(20)10-6-7-12(17)14(8-10)23(18,21)22/h2-8,19H,1H3,(H2,18,21,22). The highest BCUT2D eigenvalue weighted by atomic mass is 79.9. The Bertz CT molecular complexity index is 1040. The maximum atomic E-state index is 12.9. The van der Waals surface area contributed by atoms with Crippen molar-refractivity contribution in [1.29, 1.82) is 0 Å². The van der Waals surface area contributed by atoms with E-state index in [0.717, 1.165) is 16.6 Å². The molecular formula is C16H13BrN2O3S. The lowest BCUT2D eigenvalue weighted by atomic mass is 10.0. The summed E-state index contributed by atoms with van der Waals surface area (Å²) in [6.07, 6.45) is 0. The number of sulfonamides is 1. The Labute approximate surface area is 141 Å². The summed E-state index contributed by atoms with van der Waals surface area (Å²) in [7, 11) is -3.92. The summed E-state index contributed by atoms with van der Waals surface area (Å²) < 4.78 is 23.6. The fourth-order valence-electron chi connectivity index (χ4n) is 2.58. The van der Waals surface area contributed by atoms with Crippen molar-refractivity contribution >= 4 is 42.6 Å². The van der Waals surface area contributed by atoms with Gasteiger partial charge < -0.3 is 4.98 Å². The van der Waals surface area contributed by atoms with E-state index in [1.54, 1.807) is 6.07 Å². The molecule has 3 N–H and O–H groups in total. The van der Waals surface area contributed by atoms with Crippen molar-refractivity contribution in [2.24, 2.45) is 5.14 Å². The number of nitrogens with two attached hydrogens (primary N) is 1. The quantitative estimate of drug-likeness (QED) is 0.670. The van der Waals surface area contributed by atoms with E-state index in [-0.39, 0.29) is 16.2 Å². The molecule has 118 valence electrons. The summed E-state index contributed by atoms with van der Waals surface area (Å²) >= 11 is 3.14. The van der Waals surface area contributed by atoms with Gasteiger partial charge in [0.2, 0.25) is 10.0 Å². The smallest absolute Gasteiger partial charge is 0.239 e. The molecule has 0 bridgehead atoms.